The summed E-state index contributed by atoms with van der Waals surface area (Å²) in [5.74, 6) is 0.743. The third-order valence-electron chi connectivity index (χ3n) is 2.23. The van der Waals surface area contributed by atoms with E-state index in [2.05, 4.69) is 10.3 Å². The molecule has 0 fully saturated rings. The van der Waals surface area contributed by atoms with Gasteiger partial charge in [-0.1, -0.05) is 0 Å². The van der Waals surface area contributed by atoms with Gasteiger partial charge in [-0.05, 0) is 32.3 Å². The van der Waals surface area contributed by atoms with E-state index < -0.39 is 6.04 Å². The van der Waals surface area contributed by atoms with E-state index in [0.29, 0.717) is 11.6 Å². The highest BCUT2D eigenvalue weighted by atomic mass is 35.5. The van der Waals surface area contributed by atoms with Gasteiger partial charge in [0.1, 0.15) is 0 Å². The Kier molecular flexibility index (Phi) is 7.78. The Hall–Kier alpha value is -0.300. The molecule has 0 radical (unpaired) electrons. The van der Waals surface area contributed by atoms with Gasteiger partial charge in [-0.15, -0.1) is 23.7 Å². The Bertz CT molecular complexity index is 351. The van der Waals surface area contributed by atoms with E-state index in [4.69, 9.17) is 5.73 Å². The molecular formula is C10H18ClN3OS2. The zero-order chi connectivity index (χ0) is 12.1. The molecule has 0 aliphatic carbocycles. The van der Waals surface area contributed by atoms with Crippen LogP contribution in [0.4, 0.5) is 5.13 Å². The molecular weight excluding hydrogens is 278 g/mol. The van der Waals surface area contributed by atoms with E-state index in [-0.39, 0.29) is 18.3 Å². The number of rotatable bonds is 5. The molecule has 0 spiro atoms. The van der Waals surface area contributed by atoms with Crippen molar-refractivity contribution < 1.29 is 4.79 Å². The van der Waals surface area contributed by atoms with Gasteiger partial charge in [-0.3, -0.25) is 4.79 Å². The minimum atomic E-state index is -0.447. The lowest BCUT2D eigenvalue weighted by atomic mass is 10.2. The van der Waals surface area contributed by atoms with Crippen molar-refractivity contribution >= 4 is 46.5 Å². The van der Waals surface area contributed by atoms with Gasteiger partial charge in [0.25, 0.3) is 0 Å². The third kappa shape index (κ3) is 5.25. The molecule has 17 heavy (non-hydrogen) atoms. The third-order valence-corrected chi connectivity index (χ3v) is 3.86. The molecule has 7 heteroatoms. The molecule has 1 rings (SSSR count). The average molecular weight is 296 g/mol. The molecule has 1 aromatic heterocycles. The summed E-state index contributed by atoms with van der Waals surface area (Å²) in [6, 6.07) is -0.447. The van der Waals surface area contributed by atoms with Crippen molar-refractivity contribution in [2.24, 2.45) is 5.73 Å². The van der Waals surface area contributed by atoms with Crippen LogP contribution in [0.3, 0.4) is 0 Å². The maximum Gasteiger partial charge on any atom is 0.243 e. The fourth-order valence-corrected chi connectivity index (χ4v) is 2.41. The molecule has 1 heterocycles. The fraction of sp³-hybridized carbons (Fsp3) is 0.600. The molecule has 1 aromatic rings. The van der Waals surface area contributed by atoms with E-state index in [1.165, 1.54) is 11.3 Å². The number of aryl methyl sites for hydroxylation is 2. The number of amides is 1. The average Bonchev–Trinajstić information content (AvgIpc) is 2.54. The summed E-state index contributed by atoms with van der Waals surface area (Å²) in [5, 5.41) is 3.38. The molecule has 0 saturated heterocycles. The normalized spacial score (nSPS) is 11.8. The van der Waals surface area contributed by atoms with Crippen LogP contribution in [0.2, 0.25) is 0 Å². The Balaban J connectivity index is 0.00000256. The number of nitrogens with one attached hydrogen (secondary N) is 1. The lowest BCUT2D eigenvalue weighted by Gasteiger charge is -2.09. The van der Waals surface area contributed by atoms with Gasteiger partial charge in [0, 0.05) is 4.88 Å². The second-order valence-electron chi connectivity index (χ2n) is 3.54. The van der Waals surface area contributed by atoms with Crippen molar-refractivity contribution in [1.82, 2.24) is 4.98 Å². The summed E-state index contributed by atoms with van der Waals surface area (Å²) in [7, 11) is 0. The van der Waals surface area contributed by atoms with Gasteiger partial charge in [-0.2, -0.15) is 11.8 Å². The molecule has 0 bridgehead atoms. The lowest BCUT2D eigenvalue weighted by molar-refractivity contribution is -0.117. The first kappa shape index (κ1) is 16.7. The van der Waals surface area contributed by atoms with Crippen LogP contribution in [0.1, 0.15) is 17.0 Å². The fourth-order valence-electron chi connectivity index (χ4n) is 1.10. The number of carbonyl (C=O) groups excluding carboxylic acids is 1. The van der Waals surface area contributed by atoms with Crippen molar-refractivity contribution in [2.75, 3.05) is 17.3 Å². The van der Waals surface area contributed by atoms with Crippen molar-refractivity contribution in [2.45, 2.75) is 26.3 Å². The number of aromatic nitrogens is 1. The maximum absolute atomic E-state index is 11.7. The van der Waals surface area contributed by atoms with Crippen LogP contribution in [0.25, 0.3) is 0 Å². The second-order valence-corrected chi connectivity index (χ2v) is 5.73. The quantitative estimate of drug-likeness (QED) is 0.874. The Morgan fingerprint density at radius 1 is 1.59 bits per heavy atom. The van der Waals surface area contributed by atoms with Crippen LogP contribution >= 0.6 is 35.5 Å². The van der Waals surface area contributed by atoms with Crippen molar-refractivity contribution in [3.63, 3.8) is 0 Å². The molecule has 4 nitrogen and oxygen atoms in total. The smallest absolute Gasteiger partial charge is 0.243 e. The highest BCUT2D eigenvalue weighted by Crippen LogP contribution is 2.21. The van der Waals surface area contributed by atoms with Crippen molar-refractivity contribution in [1.29, 1.82) is 0 Å². The molecule has 0 saturated carbocycles. The summed E-state index contributed by atoms with van der Waals surface area (Å²) in [6.07, 6.45) is 2.69. The summed E-state index contributed by atoms with van der Waals surface area (Å²) in [5.41, 5.74) is 6.70. The number of carbonyl (C=O) groups is 1. The van der Waals surface area contributed by atoms with E-state index in [1.54, 1.807) is 11.8 Å². The van der Waals surface area contributed by atoms with Gasteiger partial charge in [-0.25, -0.2) is 4.98 Å². The summed E-state index contributed by atoms with van der Waals surface area (Å²) in [6.45, 7) is 3.91. The van der Waals surface area contributed by atoms with E-state index in [0.717, 1.165) is 16.3 Å². The largest absolute Gasteiger partial charge is 0.320 e. The van der Waals surface area contributed by atoms with Crippen LogP contribution in [0, 0.1) is 13.8 Å². The molecule has 0 aliphatic heterocycles. The van der Waals surface area contributed by atoms with Crippen LogP contribution in [-0.2, 0) is 4.79 Å². The van der Waals surface area contributed by atoms with E-state index in [1.807, 2.05) is 20.1 Å². The summed E-state index contributed by atoms with van der Waals surface area (Å²) >= 11 is 3.17. The first-order chi connectivity index (χ1) is 7.54. The predicted molar refractivity (Wildman–Crippen MR) is 78.4 cm³/mol. The monoisotopic (exact) mass is 295 g/mol. The Morgan fingerprint density at radius 3 is 2.71 bits per heavy atom. The number of anilines is 1. The predicted octanol–water partition coefficient (Wildman–Crippen LogP) is 2.20. The maximum atomic E-state index is 11.7. The highest BCUT2D eigenvalue weighted by Gasteiger charge is 2.14. The molecule has 0 aliphatic rings. The number of thiazole rings is 1. The van der Waals surface area contributed by atoms with Gasteiger partial charge in [0.15, 0.2) is 5.13 Å². The highest BCUT2D eigenvalue weighted by molar-refractivity contribution is 7.98. The standard InChI is InChI=1S/C10H17N3OS2.ClH/c1-6-7(2)16-10(12-6)13-9(14)8(11)4-5-15-3;/h8H,4-5,11H2,1-3H3,(H,12,13,14);1H/t8-;/m0./s1. The van der Waals surface area contributed by atoms with Crippen LogP contribution in [-0.4, -0.2) is 28.9 Å². The van der Waals surface area contributed by atoms with Crippen LogP contribution in [0.5, 0.6) is 0 Å². The van der Waals surface area contributed by atoms with Crippen LogP contribution in [0.15, 0.2) is 0 Å². The van der Waals surface area contributed by atoms with E-state index >= 15 is 0 Å². The topological polar surface area (TPSA) is 68.0 Å². The summed E-state index contributed by atoms with van der Waals surface area (Å²) < 4.78 is 0. The number of hydrogen-bond donors (Lipinski definition) is 2. The van der Waals surface area contributed by atoms with Crippen molar-refractivity contribution in [3.8, 4) is 0 Å². The minimum Gasteiger partial charge on any atom is -0.320 e. The first-order valence-corrected chi connectivity index (χ1v) is 7.25. The number of nitrogens with two attached hydrogens (primary N) is 1. The van der Waals surface area contributed by atoms with Gasteiger partial charge in [0.05, 0.1) is 11.7 Å². The van der Waals surface area contributed by atoms with E-state index in [9.17, 15) is 4.79 Å². The number of hydrogen-bond acceptors (Lipinski definition) is 5. The number of thioether (sulfide) groups is 1. The molecule has 1 atom stereocenters. The van der Waals surface area contributed by atoms with Gasteiger partial charge in [0.2, 0.25) is 5.91 Å². The number of halogens is 1. The first-order valence-electron chi connectivity index (χ1n) is 5.04. The second kappa shape index (κ2) is 7.92. The lowest BCUT2D eigenvalue weighted by Crippen LogP contribution is -2.36. The minimum absolute atomic E-state index is 0. The van der Waals surface area contributed by atoms with Crippen LogP contribution < -0.4 is 11.1 Å². The zero-order valence-electron chi connectivity index (χ0n) is 10.1. The van der Waals surface area contributed by atoms with Gasteiger partial charge < -0.3 is 11.1 Å². The zero-order valence-corrected chi connectivity index (χ0v) is 12.6. The van der Waals surface area contributed by atoms with Gasteiger partial charge >= 0.3 is 0 Å². The molecule has 1 amide bonds. The SMILES string of the molecule is CSCC[C@H](N)C(=O)Nc1nc(C)c(C)s1.Cl. The molecule has 0 aromatic carbocycles. The Morgan fingerprint density at radius 2 is 2.24 bits per heavy atom. The number of nitrogens with zero attached hydrogens (tertiary/aromatic N) is 1. The molecule has 98 valence electrons. The molecule has 3 N–H and O–H groups in total. The van der Waals surface area contributed by atoms with Crippen molar-refractivity contribution in [3.05, 3.63) is 10.6 Å². The summed E-state index contributed by atoms with van der Waals surface area (Å²) in [4.78, 5) is 17.0. The molecule has 0 unspecified atom stereocenters. The Labute approximate surface area is 116 Å².